The summed E-state index contributed by atoms with van der Waals surface area (Å²) >= 11 is 1.60. The number of aliphatic hydroxyl groups is 1. The van der Waals surface area contributed by atoms with Crippen molar-refractivity contribution in [2.45, 2.75) is 31.5 Å². The number of aryl methyl sites for hydroxylation is 2. The van der Waals surface area contributed by atoms with Crippen LogP contribution in [0.4, 0.5) is 5.69 Å². The summed E-state index contributed by atoms with van der Waals surface area (Å²) in [6.07, 6.45) is -0.740. The maximum Gasteiger partial charge on any atom is 0.177 e. The van der Waals surface area contributed by atoms with Gasteiger partial charge in [-0.25, -0.2) is 0 Å². The van der Waals surface area contributed by atoms with Gasteiger partial charge >= 0.3 is 0 Å². The van der Waals surface area contributed by atoms with E-state index >= 15 is 0 Å². The second-order valence-electron chi connectivity index (χ2n) is 7.74. The van der Waals surface area contributed by atoms with Crippen molar-refractivity contribution in [1.29, 1.82) is 0 Å². The third-order valence-electron chi connectivity index (χ3n) is 5.60. The minimum atomic E-state index is -0.740. The standard InChI is InChI=1S/C24H23N3OS/c1-16-8-11-19(12-9-16)22-25-26-24(29-22)20-14-17(2)10-13-21(20)27(23(24)28)15-18-6-4-3-5-7-18/h3-14,23,26,28H,15H2,1-2H3. The summed E-state index contributed by atoms with van der Waals surface area (Å²) < 4.78 is 0. The first-order chi connectivity index (χ1) is 14.1. The van der Waals surface area contributed by atoms with Gasteiger partial charge in [0.15, 0.2) is 11.1 Å². The largest absolute Gasteiger partial charge is 0.370 e. The number of thioether (sulfide) groups is 1. The molecule has 0 fully saturated rings. The zero-order chi connectivity index (χ0) is 20.0. The summed E-state index contributed by atoms with van der Waals surface area (Å²) in [7, 11) is 0. The van der Waals surface area contributed by atoms with E-state index in [0.717, 1.165) is 27.4 Å². The lowest BCUT2D eigenvalue weighted by Crippen LogP contribution is -2.48. The third-order valence-corrected chi connectivity index (χ3v) is 6.96. The lowest BCUT2D eigenvalue weighted by atomic mass is 10.0. The molecule has 2 N–H and O–H groups in total. The maximum atomic E-state index is 11.5. The number of hydrazone groups is 1. The van der Waals surface area contributed by atoms with E-state index in [1.54, 1.807) is 11.8 Å². The van der Waals surface area contributed by atoms with Crippen LogP contribution in [0.1, 0.15) is 27.8 Å². The normalized spacial score (nSPS) is 22.5. The quantitative estimate of drug-likeness (QED) is 0.679. The highest BCUT2D eigenvalue weighted by Crippen LogP contribution is 2.53. The Balaban J connectivity index is 1.52. The van der Waals surface area contributed by atoms with Crippen LogP contribution >= 0.6 is 11.8 Å². The number of hydrogen-bond acceptors (Lipinski definition) is 5. The molecule has 2 aliphatic heterocycles. The molecule has 29 heavy (non-hydrogen) atoms. The summed E-state index contributed by atoms with van der Waals surface area (Å²) in [6.45, 7) is 4.80. The smallest absolute Gasteiger partial charge is 0.177 e. The summed E-state index contributed by atoms with van der Waals surface area (Å²) in [4.78, 5) is 1.36. The van der Waals surface area contributed by atoms with E-state index in [-0.39, 0.29) is 0 Å². The summed E-state index contributed by atoms with van der Waals surface area (Å²) in [5, 5.41) is 17.0. The Kier molecular flexibility index (Phi) is 4.37. The van der Waals surface area contributed by atoms with Crippen molar-refractivity contribution in [2.24, 2.45) is 5.10 Å². The molecule has 0 aromatic heterocycles. The molecule has 0 bridgehead atoms. The number of anilines is 1. The molecule has 3 aromatic carbocycles. The summed E-state index contributed by atoms with van der Waals surface area (Å²) in [6, 6.07) is 25.0. The van der Waals surface area contributed by atoms with E-state index in [1.165, 1.54) is 11.1 Å². The molecule has 2 aliphatic rings. The van der Waals surface area contributed by atoms with Crippen molar-refractivity contribution < 1.29 is 5.11 Å². The van der Waals surface area contributed by atoms with E-state index in [0.29, 0.717) is 6.54 Å². The molecule has 1 spiro atoms. The number of fused-ring (bicyclic) bond motifs is 2. The van der Waals surface area contributed by atoms with Gasteiger partial charge in [0.2, 0.25) is 0 Å². The van der Waals surface area contributed by atoms with Gasteiger partial charge in [0, 0.05) is 23.4 Å². The lowest BCUT2D eigenvalue weighted by Gasteiger charge is -2.31. The Labute approximate surface area is 175 Å². The Morgan fingerprint density at radius 2 is 1.72 bits per heavy atom. The number of benzene rings is 3. The molecular weight excluding hydrogens is 378 g/mol. The van der Waals surface area contributed by atoms with Crippen LogP contribution in [0.3, 0.4) is 0 Å². The van der Waals surface area contributed by atoms with Gasteiger partial charge in [-0.15, -0.1) is 0 Å². The maximum absolute atomic E-state index is 11.5. The zero-order valence-electron chi connectivity index (χ0n) is 16.5. The van der Waals surface area contributed by atoms with Crippen LogP contribution in [0.2, 0.25) is 0 Å². The lowest BCUT2D eigenvalue weighted by molar-refractivity contribution is 0.119. The Bertz CT molecular complexity index is 1080. The van der Waals surface area contributed by atoms with Gasteiger partial charge in [-0.2, -0.15) is 5.10 Å². The molecule has 0 saturated heterocycles. The van der Waals surface area contributed by atoms with Gasteiger partial charge in [-0.1, -0.05) is 89.6 Å². The van der Waals surface area contributed by atoms with Gasteiger partial charge in [0.25, 0.3) is 0 Å². The molecule has 146 valence electrons. The Morgan fingerprint density at radius 1 is 1.00 bits per heavy atom. The fourth-order valence-corrected chi connectivity index (χ4v) is 5.26. The third kappa shape index (κ3) is 3.02. The molecule has 3 aromatic rings. The van der Waals surface area contributed by atoms with E-state index < -0.39 is 11.1 Å². The van der Waals surface area contributed by atoms with Crippen LogP contribution in [-0.2, 0) is 11.4 Å². The second kappa shape index (κ2) is 6.94. The number of hydrogen-bond donors (Lipinski definition) is 2. The van der Waals surface area contributed by atoms with E-state index in [2.05, 4.69) is 83.9 Å². The van der Waals surface area contributed by atoms with Crippen molar-refractivity contribution >= 4 is 22.5 Å². The van der Waals surface area contributed by atoms with E-state index in [1.807, 2.05) is 18.2 Å². The topological polar surface area (TPSA) is 47.9 Å². The first-order valence-electron chi connectivity index (χ1n) is 9.77. The first kappa shape index (κ1) is 18.3. The molecule has 0 aliphatic carbocycles. The van der Waals surface area contributed by atoms with E-state index in [9.17, 15) is 5.11 Å². The fourth-order valence-electron chi connectivity index (χ4n) is 4.02. The van der Waals surface area contributed by atoms with Crippen molar-refractivity contribution in [1.82, 2.24) is 5.43 Å². The highest BCUT2D eigenvalue weighted by atomic mass is 32.2. The summed E-state index contributed by atoms with van der Waals surface area (Å²) in [5.41, 5.74) is 10.0. The molecule has 2 heterocycles. The van der Waals surface area contributed by atoms with Crippen molar-refractivity contribution in [2.75, 3.05) is 4.90 Å². The second-order valence-corrected chi connectivity index (χ2v) is 8.98. The molecule has 2 unspecified atom stereocenters. The van der Waals surface area contributed by atoms with Crippen LogP contribution in [0.15, 0.2) is 77.9 Å². The van der Waals surface area contributed by atoms with Crippen LogP contribution < -0.4 is 10.3 Å². The number of nitrogens with one attached hydrogen (secondary N) is 1. The molecular formula is C24H23N3OS. The average molecular weight is 402 g/mol. The fraction of sp³-hybridized carbons (Fsp3) is 0.208. The number of nitrogens with zero attached hydrogens (tertiary/aromatic N) is 2. The van der Waals surface area contributed by atoms with Crippen LogP contribution in [-0.4, -0.2) is 16.4 Å². The highest BCUT2D eigenvalue weighted by Gasteiger charge is 2.54. The molecule has 0 amide bonds. The highest BCUT2D eigenvalue weighted by molar-refractivity contribution is 8.15. The predicted octanol–water partition coefficient (Wildman–Crippen LogP) is 4.49. The minimum absolute atomic E-state index is 0.641. The number of aliphatic hydroxyl groups excluding tert-OH is 1. The van der Waals surface area contributed by atoms with Gasteiger partial charge < -0.3 is 10.0 Å². The van der Waals surface area contributed by atoms with Crippen molar-refractivity contribution in [3.05, 3.63) is 101 Å². The van der Waals surface area contributed by atoms with Crippen molar-refractivity contribution in [3.63, 3.8) is 0 Å². The number of rotatable bonds is 3. The Morgan fingerprint density at radius 3 is 2.48 bits per heavy atom. The average Bonchev–Trinajstić information content (AvgIpc) is 3.27. The molecule has 5 heteroatoms. The minimum Gasteiger partial charge on any atom is -0.370 e. The molecule has 0 radical (unpaired) electrons. The van der Waals surface area contributed by atoms with Crippen LogP contribution in [0.5, 0.6) is 0 Å². The summed E-state index contributed by atoms with van der Waals surface area (Å²) in [5.74, 6) is 0. The van der Waals surface area contributed by atoms with Crippen LogP contribution in [0.25, 0.3) is 0 Å². The Hall–Kier alpha value is -2.76. The molecule has 4 nitrogen and oxygen atoms in total. The molecule has 2 atom stereocenters. The zero-order valence-corrected chi connectivity index (χ0v) is 17.3. The first-order valence-corrected chi connectivity index (χ1v) is 10.6. The monoisotopic (exact) mass is 401 g/mol. The molecule has 0 saturated carbocycles. The van der Waals surface area contributed by atoms with E-state index in [4.69, 9.17) is 0 Å². The SMILES string of the molecule is Cc1ccc(C2=NNC3(S2)c2cc(C)ccc2N(Cc2ccccc2)C3O)cc1. The van der Waals surface area contributed by atoms with Gasteiger partial charge in [-0.05, 0) is 25.5 Å². The van der Waals surface area contributed by atoms with Gasteiger partial charge in [-0.3, -0.25) is 5.43 Å². The van der Waals surface area contributed by atoms with Crippen molar-refractivity contribution in [3.8, 4) is 0 Å². The predicted molar refractivity (Wildman–Crippen MR) is 120 cm³/mol. The van der Waals surface area contributed by atoms with Crippen LogP contribution in [0, 0.1) is 13.8 Å². The van der Waals surface area contributed by atoms with Gasteiger partial charge in [0.1, 0.15) is 5.04 Å². The molecule has 5 rings (SSSR count). The van der Waals surface area contributed by atoms with Gasteiger partial charge in [0.05, 0.1) is 0 Å².